The second-order valence-electron chi connectivity index (χ2n) is 4.97. The lowest BCUT2D eigenvalue weighted by atomic mass is 9.85. The first-order chi connectivity index (χ1) is 6.58. The maximum Gasteiger partial charge on any atom is 0.0356 e. The fraction of sp³-hybridized carbons (Fsp3) is 1.00. The summed E-state index contributed by atoms with van der Waals surface area (Å²) in [6.07, 6.45) is 5.19. The Morgan fingerprint density at radius 1 is 1.57 bits per heavy atom. The SMILES string of the molecule is CCC(C)N(C)C1(CN)CCCC1C. The molecule has 1 rings (SSSR count). The van der Waals surface area contributed by atoms with Crippen LogP contribution in [0.5, 0.6) is 0 Å². The Morgan fingerprint density at radius 2 is 2.21 bits per heavy atom. The minimum Gasteiger partial charge on any atom is -0.329 e. The lowest BCUT2D eigenvalue weighted by molar-refractivity contribution is 0.0543. The number of likely N-dealkylation sites (N-methyl/N-ethyl adjacent to an activating group) is 1. The van der Waals surface area contributed by atoms with Gasteiger partial charge in [0.2, 0.25) is 0 Å². The van der Waals surface area contributed by atoms with Crippen LogP contribution in [0.25, 0.3) is 0 Å². The molecule has 1 aliphatic carbocycles. The molecule has 0 saturated heterocycles. The van der Waals surface area contributed by atoms with Gasteiger partial charge in [0.1, 0.15) is 0 Å². The zero-order chi connectivity index (χ0) is 10.8. The third-order valence-corrected chi connectivity index (χ3v) is 4.47. The van der Waals surface area contributed by atoms with Crippen LogP contribution in [-0.4, -0.2) is 30.1 Å². The summed E-state index contributed by atoms with van der Waals surface area (Å²) in [7, 11) is 2.25. The molecular weight excluding hydrogens is 172 g/mol. The van der Waals surface area contributed by atoms with E-state index in [1.54, 1.807) is 0 Å². The minimum absolute atomic E-state index is 0.287. The molecule has 0 aromatic heterocycles. The predicted molar refractivity (Wildman–Crippen MR) is 62.3 cm³/mol. The molecule has 0 bridgehead atoms. The van der Waals surface area contributed by atoms with Gasteiger partial charge in [0.25, 0.3) is 0 Å². The van der Waals surface area contributed by atoms with Crippen LogP contribution < -0.4 is 5.73 Å². The van der Waals surface area contributed by atoms with Crippen molar-refractivity contribution < 1.29 is 0 Å². The second-order valence-corrected chi connectivity index (χ2v) is 4.97. The normalized spacial score (nSPS) is 35.1. The van der Waals surface area contributed by atoms with Crippen LogP contribution in [0, 0.1) is 5.92 Å². The molecule has 0 aromatic carbocycles. The van der Waals surface area contributed by atoms with Crippen molar-refractivity contribution in [2.24, 2.45) is 11.7 Å². The predicted octanol–water partition coefficient (Wildman–Crippen LogP) is 2.23. The van der Waals surface area contributed by atoms with Gasteiger partial charge in [0.15, 0.2) is 0 Å². The van der Waals surface area contributed by atoms with Gasteiger partial charge in [0, 0.05) is 18.1 Å². The molecular formula is C12H26N2. The Hall–Kier alpha value is -0.0800. The van der Waals surface area contributed by atoms with Gasteiger partial charge in [-0.1, -0.05) is 20.3 Å². The van der Waals surface area contributed by atoms with Gasteiger partial charge in [-0.15, -0.1) is 0 Å². The molecule has 1 saturated carbocycles. The standard InChI is InChI=1S/C12H26N2/c1-5-11(3)14(4)12(9-13)8-6-7-10(12)2/h10-11H,5-9,13H2,1-4H3. The molecule has 0 radical (unpaired) electrons. The Labute approximate surface area is 88.8 Å². The summed E-state index contributed by atoms with van der Waals surface area (Å²) in [5.41, 5.74) is 6.30. The molecule has 3 unspecified atom stereocenters. The zero-order valence-electron chi connectivity index (χ0n) is 10.2. The first-order valence-electron chi connectivity index (χ1n) is 6.01. The van der Waals surface area contributed by atoms with Gasteiger partial charge >= 0.3 is 0 Å². The van der Waals surface area contributed by atoms with Crippen LogP contribution in [0.2, 0.25) is 0 Å². The Morgan fingerprint density at radius 3 is 2.57 bits per heavy atom. The van der Waals surface area contributed by atoms with Crippen LogP contribution in [0.1, 0.15) is 46.5 Å². The molecule has 0 aromatic rings. The number of rotatable bonds is 4. The van der Waals surface area contributed by atoms with Crippen LogP contribution in [0.3, 0.4) is 0 Å². The lowest BCUT2D eigenvalue weighted by Crippen LogP contribution is -2.56. The molecule has 0 heterocycles. The van der Waals surface area contributed by atoms with E-state index in [9.17, 15) is 0 Å². The van der Waals surface area contributed by atoms with Gasteiger partial charge in [-0.2, -0.15) is 0 Å². The lowest BCUT2D eigenvalue weighted by Gasteiger charge is -2.45. The van der Waals surface area contributed by atoms with Crippen LogP contribution in [0.4, 0.5) is 0 Å². The molecule has 2 N–H and O–H groups in total. The number of hydrogen-bond acceptors (Lipinski definition) is 2. The molecule has 2 nitrogen and oxygen atoms in total. The van der Waals surface area contributed by atoms with Crippen molar-refractivity contribution in [2.45, 2.75) is 58.0 Å². The zero-order valence-corrected chi connectivity index (χ0v) is 10.2. The first-order valence-corrected chi connectivity index (χ1v) is 6.01. The summed E-state index contributed by atoms with van der Waals surface area (Å²) in [6.45, 7) is 7.74. The number of hydrogen-bond donors (Lipinski definition) is 1. The highest BCUT2D eigenvalue weighted by Crippen LogP contribution is 2.39. The largest absolute Gasteiger partial charge is 0.329 e. The fourth-order valence-electron chi connectivity index (χ4n) is 2.91. The molecule has 1 fully saturated rings. The van der Waals surface area contributed by atoms with Crippen LogP contribution >= 0.6 is 0 Å². The van der Waals surface area contributed by atoms with Gasteiger partial charge in [-0.05, 0) is 39.2 Å². The average Bonchev–Trinajstić information content (AvgIpc) is 2.58. The van der Waals surface area contributed by atoms with E-state index in [0.717, 1.165) is 12.5 Å². The van der Waals surface area contributed by atoms with Gasteiger partial charge in [-0.3, -0.25) is 4.90 Å². The average molecular weight is 198 g/mol. The third kappa shape index (κ3) is 1.82. The van der Waals surface area contributed by atoms with Gasteiger partial charge < -0.3 is 5.73 Å². The van der Waals surface area contributed by atoms with E-state index in [1.165, 1.54) is 25.7 Å². The molecule has 0 aliphatic heterocycles. The summed E-state index contributed by atoms with van der Waals surface area (Å²) >= 11 is 0. The van der Waals surface area contributed by atoms with E-state index in [4.69, 9.17) is 5.73 Å². The summed E-state index contributed by atoms with van der Waals surface area (Å²) in [4.78, 5) is 2.53. The highest BCUT2D eigenvalue weighted by molar-refractivity contribution is 5.00. The van der Waals surface area contributed by atoms with E-state index >= 15 is 0 Å². The quantitative estimate of drug-likeness (QED) is 0.750. The maximum absolute atomic E-state index is 6.01. The van der Waals surface area contributed by atoms with Crippen LogP contribution in [-0.2, 0) is 0 Å². The van der Waals surface area contributed by atoms with Crippen molar-refractivity contribution in [1.82, 2.24) is 4.90 Å². The van der Waals surface area contributed by atoms with E-state index in [1.807, 2.05) is 0 Å². The highest BCUT2D eigenvalue weighted by atomic mass is 15.2. The molecule has 14 heavy (non-hydrogen) atoms. The molecule has 84 valence electrons. The summed E-state index contributed by atoms with van der Waals surface area (Å²) in [6, 6.07) is 0.652. The second kappa shape index (κ2) is 4.63. The van der Waals surface area contributed by atoms with Crippen LogP contribution in [0.15, 0.2) is 0 Å². The third-order valence-electron chi connectivity index (χ3n) is 4.47. The van der Waals surface area contributed by atoms with Gasteiger partial charge in [0.05, 0.1) is 0 Å². The summed E-state index contributed by atoms with van der Waals surface area (Å²) in [5, 5.41) is 0. The topological polar surface area (TPSA) is 29.3 Å². The Bertz CT molecular complexity index is 181. The Kier molecular flexibility index (Phi) is 3.96. The van der Waals surface area contributed by atoms with E-state index in [0.29, 0.717) is 6.04 Å². The smallest absolute Gasteiger partial charge is 0.0356 e. The highest BCUT2D eigenvalue weighted by Gasteiger charge is 2.43. The number of nitrogens with zero attached hydrogens (tertiary/aromatic N) is 1. The molecule has 3 atom stereocenters. The summed E-state index contributed by atoms with van der Waals surface area (Å²) < 4.78 is 0. The molecule has 0 amide bonds. The minimum atomic E-state index is 0.287. The molecule has 0 spiro atoms. The summed E-state index contributed by atoms with van der Waals surface area (Å²) in [5.74, 6) is 0.756. The number of nitrogens with two attached hydrogens (primary N) is 1. The van der Waals surface area contributed by atoms with E-state index in [-0.39, 0.29) is 5.54 Å². The van der Waals surface area contributed by atoms with Crippen molar-refractivity contribution in [3.63, 3.8) is 0 Å². The first kappa shape index (κ1) is 12.0. The van der Waals surface area contributed by atoms with Crippen molar-refractivity contribution in [3.05, 3.63) is 0 Å². The molecule has 2 heteroatoms. The Balaban J connectivity index is 2.78. The monoisotopic (exact) mass is 198 g/mol. The maximum atomic E-state index is 6.01. The van der Waals surface area contributed by atoms with Crippen molar-refractivity contribution in [2.75, 3.05) is 13.6 Å². The van der Waals surface area contributed by atoms with Crippen molar-refractivity contribution >= 4 is 0 Å². The van der Waals surface area contributed by atoms with Crippen molar-refractivity contribution in [1.29, 1.82) is 0 Å². The molecule has 1 aliphatic rings. The van der Waals surface area contributed by atoms with Gasteiger partial charge in [-0.25, -0.2) is 0 Å². The van der Waals surface area contributed by atoms with E-state index < -0.39 is 0 Å². The van der Waals surface area contributed by atoms with Crippen molar-refractivity contribution in [3.8, 4) is 0 Å². The fourth-order valence-corrected chi connectivity index (χ4v) is 2.91. The van der Waals surface area contributed by atoms with E-state index in [2.05, 4.69) is 32.7 Å².